The lowest BCUT2D eigenvalue weighted by Gasteiger charge is -2.12. The molecule has 0 bridgehead atoms. The Morgan fingerprint density at radius 2 is 2.13 bits per heavy atom. The second-order valence-electron chi connectivity index (χ2n) is 3.20. The molecule has 0 amide bonds. The van der Waals surface area contributed by atoms with Crippen LogP contribution in [-0.2, 0) is 0 Å². The zero-order chi connectivity index (χ0) is 10.8. The summed E-state index contributed by atoms with van der Waals surface area (Å²) in [7, 11) is 0. The van der Waals surface area contributed by atoms with Crippen LogP contribution in [0.3, 0.4) is 0 Å². The van der Waals surface area contributed by atoms with Crippen LogP contribution in [0.15, 0.2) is 39.5 Å². The van der Waals surface area contributed by atoms with E-state index in [-0.39, 0.29) is 6.04 Å². The fourth-order valence-corrected chi connectivity index (χ4v) is 3.01. The topological polar surface area (TPSA) is 26.0 Å². The SMILES string of the molecule is N[C@H](c1ccsc1)c1ccc(Cl)cc1Br. The number of hydrogen-bond donors (Lipinski definition) is 1. The first-order valence-corrected chi connectivity index (χ1v) is 6.52. The maximum Gasteiger partial charge on any atom is 0.0571 e. The summed E-state index contributed by atoms with van der Waals surface area (Å²) in [6.45, 7) is 0. The summed E-state index contributed by atoms with van der Waals surface area (Å²) in [5, 5.41) is 4.80. The Morgan fingerprint density at radius 3 is 2.73 bits per heavy atom. The molecule has 0 radical (unpaired) electrons. The summed E-state index contributed by atoms with van der Waals surface area (Å²) in [5.41, 5.74) is 8.33. The van der Waals surface area contributed by atoms with Gasteiger partial charge in [0.25, 0.3) is 0 Å². The lowest BCUT2D eigenvalue weighted by atomic mass is 10.0. The van der Waals surface area contributed by atoms with Gasteiger partial charge in [0.15, 0.2) is 0 Å². The average Bonchev–Trinajstić information content (AvgIpc) is 2.69. The maximum absolute atomic E-state index is 6.15. The van der Waals surface area contributed by atoms with Crippen molar-refractivity contribution in [2.45, 2.75) is 6.04 Å². The van der Waals surface area contributed by atoms with Gasteiger partial charge < -0.3 is 5.73 Å². The first-order chi connectivity index (χ1) is 7.18. The molecule has 1 aromatic heterocycles. The summed E-state index contributed by atoms with van der Waals surface area (Å²) in [6, 6.07) is 7.62. The van der Waals surface area contributed by atoms with Gasteiger partial charge in [0.2, 0.25) is 0 Å². The molecule has 0 unspecified atom stereocenters. The molecule has 1 atom stereocenters. The molecule has 0 spiro atoms. The van der Waals surface area contributed by atoms with Crippen molar-refractivity contribution >= 4 is 38.9 Å². The number of halogens is 2. The van der Waals surface area contributed by atoms with Crippen LogP contribution in [-0.4, -0.2) is 0 Å². The molecule has 0 saturated heterocycles. The monoisotopic (exact) mass is 301 g/mol. The lowest BCUT2D eigenvalue weighted by molar-refractivity contribution is 0.871. The predicted octanol–water partition coefficient (Wildman–Crippen LogP) is 4.21. The number of hydrogen-bond acceptors (Lipinski definition) is 2. The zero-order valence-electron chi connectivity index (χ0n) is 7.78. The molecule has 15 heavy (non-hydrogen) atoms. The Kier molecular flexibility index (Phi) is 3.46. The van der Waals surface area contributed by atoms with Crippen molar-refractivity contribution in [2.75, 3.05) is 0 Å². The van der Waals surface area contributed by atoms with Gasteiger partial charge in [-0.25, -0.2) is 0 Å². The van der Waals surface area contributed by atoms with E-state index in [9.17, 15) is 0 Å². The second kappa shape index (κ2) is 4.66. The van der Waals surface area contributed by atoms with E-state index in [0.717, 1.165) is 15.6 Å². The van der Waals surface area contributed by atoms with Crippen LogP contribution in [0.2, 0.25) is 5.02 Å². The second-order valence-corrected chi connectivity index (χ2v) is 5.27. The Morgan fingerprint density at radius 1 is 1.33 bits per heavy atom. The quantitative estimate of drug-likeness (QED) is 0.883. The first kappa shape index (κ1) is 11.1. The molecule has 1 aromatic carbocycles. The normalized spacial score (nSPS) is 12.7. The lowest BCUT2D eigenvalue weighted by Crippen LogP contribution is -2.11. The Hall–Kier alpha value is -0.350. The molecule has 2 N–H and O–H groups in total. The molecule has 2 aromatic rings. The van der Waals surface area contributed by atoms with Gasteiger partial charge in [-0.05, 0) is 40.1 Å². The van der Waals surface area contributed by atoms with Crippen LogP contribution in [0, 0.1) is 0 Å². The Bertz CT molecular complexity index is 456. The van der Waals surface area contributed by atoms with E-state index in [1.165, 1.54) is 0 Å². The van der Waals surface area contributed by atoms with Gasteiger partial charge in [-0.3, -0.25) is 0 Å². The van der Waals surface area contributed by atoms with Gasteiger partial charge in [0.1, 0.15) is 0 Å². The highest BCUT2D eigenvalue weighted by Gasteiger charge is 2.12. The molecule has 1 heterocycles. The van der Waals surface area contributed by atoms with Crippen molar-refractivity contribution in [3.8, 4) is 0 Å². The third kappa shape index (κ3) is 2.42. The van der Waals surface area contributed by atoms with Crippen molar-refractivity contribution in [3.05, 3.63) is 55.6 Å². The summed E-state index contributed by atoms with van der Waals surface area (Å²) in [4.78, 5) is 0. The van der Waals surface area contributed by atoms with Gasteiger partial charge in [-0.2, -0.15) is 11.3 Å². The molecule has 2 rings (SSSR count). The predicted molar refractivity (Wildman–Crippen MR) is 69.5 cm³/mol. The molecule has 0 aliphatic carbocycles. The van der Waals surface area contributed by atoms with Gasteiger partial charge in [-0.1, -0.05) is 33.6 Å². The highest BCUT2D eigenvalue weighted by atomic mass is 79.9. The van der Waals surface area contributed by atoms with Crippen molar-refractivity contribution in [1.82, 2.24) is 0 Å². The summed E-state index contributed by atoms with van der Waals surface area (Å²) in [6.07, 6.45) is 0. The van der Waals surface area contributed by atoms with Crippen LogP contribution < -0.4 is 5.73 Å². The van der Waals surface area contributed by atoms with Crippen LogP contribution in [0.4, 0.5) is 0 Å². The van der Waals surface area contributed by atoms with E-state index in [2.05, 4.69) is 21.3 Å². The number of benzene rings is 1. The van der Waals surface area contributed by atoms with Gasteiger partial charge >= 0.3 is 0 Å². The van der Waals surface area contributed by atoms with Crippen LogP contribution in [0.5, 0.6) is 0 Å². The largest absolute Gasteiger partial charge is 0.320 e. The third-order valence-electron chi connectivity index (χ3n) is 2.20. The standard InChI is InChI=1S/C11H9BrClNS/c12-10-5-8(13)1-2-9(10)11(14)7-3-4-15-6-7/h1-6,11H,14H2/t11-/m1/s1. The average molecular weight is 303 g/mol. The van der Waals surface area contributed by atoms with E-state index in [1.807, 2.05) is 29.6 Å². The highest BCUT2D eigenvalue weighted by Crippen LogP contribution is 2.29. The molecule has 4 heteroatoms. The molecule has 0 fully saturated rings. The van der Waals surface area contributed by atoms with Crippen LogP contribution >= 0.6 is 38.9 Å². The van der Waals surface area contributed by atoms with Crippen molar-refractivity contribution in [2.24, 2.45) is 5.73 Å². The van der Waals surface area contributed by atoms with E-state index < -0.39 is 0 Å². The van der Waals surface area contributed by atoms with E-state index in [1.54, 1.807) is 11.3 Å². The Labute approximate surface area is 106 Å². The minimum absolute atomic E-state index is 0.0945. The summed E-state index contributed by atoms with van der Waals surface area (Å²) >= 11 is 11.0. The third-order valence-corrected chi connectivity index (χ3v) is 3.82. The molecular weight excluding hydrogens is 294 g/mol. The van der Waals surface area contributed by atoms with E-state index in [4.69, 9.17) is 17.3 Å². The minimum Gasteiger partial charge on any atom is -0.320 e. The molecular formula is C11H9BrClNS. The van der Waals surface area contributed by atoms with Crippen molar-refractivity contribution < 1.29 is 0 Å². The number of thiophene rings is 1. The van der Waals surface area contributed by atoms with E-state index >= 15 is 0 Å². The number of rotatable bonds is 2. The fourth-order valence-electron chi connectivity index (χ4n) is 1.39. The molecule has 0 aliphatic heterocycles. The van der Waals surface area contributed by atoms with E-state index in [0.29, 0.717) is 5.02 Å². The molecule has 78 valence electrons. The minimum atomic E-state index is -0.0945. The first-order valence-electron chi connectivity index (χ1n) is 4.41. The summed E-state index contributed by atoms with van der Waals surface area (Å²) < 4.78 is 0.953. The smallest absolute Gasteiger partial charge is 0.0571 e. The highest BCUT2D eigenvalue weighted by molar-refractivity contribution is 9.10. The van der Waals surface area contributed by atoms with Crippen molar-refractivity contribution in [1.29, 1.82) is 0 Å². The van der Waals surface area contributed by atoms with Gasteiger partial charge in [-0.15, -0.1) is 0 Å². The maximum atomic E-state index is 6.15. The molecule has 0 aliphatic rings. The van der Waals surface area contributed by atoms with Crippen molar-refractivity contribution in [3.63, 3.8) is 0 Å². The van der Waals surface area contributed by atoms with Crippen LogP contribution in [0.1, 0.15) is 17.2 Å². The van der Waals surface area contributed by atoms with Crippen LogP contribution in [0.25, 0.3) is 0 Å². The zero-order valence-corrected chi connectivity index (χ0v) is 10.9. The Balaban J connectivity index is 2.38. The molecule has 1 nitrogen and oxygen atoms in total. The summed E-state index contributed by atoms with van der Waals surface area (Å²) in [5.74, 6) is 0. The fraction of sp³-hybridized carbons (Fsp3) is 0.0909. The molecule has 0 saturated carbocycles. The van der Waals surface area contributed by atoms with Gasteiger partial charge in [0, 0.05) is 9.50 Å². The van der Waals surface area contributed by atoms with Gasteiger partial charge in [0.05, 0.1) is 6.04 Å². The number of nitrogens with two attached hydrogens (primary N) is 1.